The number of pyridine rings is 1. The molecule has 8 heteroatoms. The lowest BCUT2D eigenvalue weighted by Gasteiger charge is -2.31. The van der Waals surface area contributed by atoms with Crippen molar-refractivity contribution in [3.8, 4) is 11.1 Å². The summed E-state index contributed by atoms with van der Waals surface area (Å²) >= 11 is 0. The van der Waals surface area contributed by atoms with Gasteiger partial charge in [-0.25, -0.2) is 13.8 Å². The van der Waals surface area contributed by atoms with Gasteiger partial charge in [-0.2, -0.15) is 0 Å². The molecular formula is C27H38F2N4O2. The van der Waals surface area contributed by atoms with E-state index in [1.54, 1.807) is 25.3 Å². The first-order chi connectivity index (χ1) is 17.0. The highest BCUT2D eigenvalue weighted by Crippen LogP contribution is 2.30. The molecule has 35 heavy (non-hydrogen) atoms. The Morgan fingerprint density at radius 1 is 1.03 bits per heavy atom. The number of hydrogen-bond acceptors (Lipinski definition) is 6. The fourth-order valence-electron chi connectivity index (χ4n) is 5.09. The fourth-order valence-corrected chi connectivity index (χ4v) is 5.09. The predicted octanol–water partition coefficient (Wildman–Crippen LogP) is 5.21. The molecule has 1 aromatic carbocycles. The Hall–Kier alpha value is -2.29. The molecule has 2 heterocycles. The molecule has 2 aromatic rings. The van der Waals surface area contributed by atoms with E-state index in [0.29, 0.717) is 59.8 Å². The van der Waals surface area contributed by atoms with Crippen LogP contribution in [0.4, 0.5) is 20.3 Å². The quantitative estimate of drug-likeness (QED) is 0.427. The summed E-state index contributed by atoms with van der Waals surface area (Å²) < 4.78 is 39.8. The number of anilines is 2. The molecule has 192 valence electrons. The zero-order valence-electron chi connectivity index (χ0n) is 20.8. The van der Waals surface area contributed by atoms with Crippen LogP contribution in [0.1, 0.15) is 45.4 Å². The lowest BCUT2D eigenvalue weighted by Crippen LogP contribution is -2.42. The van der Waals surface area contributed by atoms with Gasteiger partial charge in [0.2, 0.25) is 0 Å². The Labute approximate surface area is 207 Å². The lowest BCUT2D eigenvalue weighted by molar-refractivity contribution is 0.0699. The summed E-state index contributed by atoms with van der Waals surface area (Å²) in [6.45, 7) is 5.02. The molecule has 1 aliphatic heterocycles. The topological polar surface area (TPSA) is 67.4 Å². The van der Waals surface area contributed by atoms with Gasteiger partial charge in [0.15, 0.2) is 0 Å². The third-order valence-electron chi connectivity index (χ3n) is 7.07. The van der Waals surface area contributed by atoms with E-state index in [4.69, 9.17) is 9.47 Å². The lowest BCUT2D eigenvalue weighted by atomic mass is 9.90. The first-order valence-corrected chi connectivity index (χ1v) is 12.8. The molecule has 0 spiro atoms. The Bertz CT molecular complexity index is 947. The molecule has 1 aromatic heterocycles. The van der Waals surface area contributed by atoms with Crippen LogP contribution in [0.2, 0.25) is 0 Å². The van der Waals surface area contributed by atoms with Crippen molar-refractivity contribution in [3.63, 3.8) is 0 Å². The maximum absolute atomic E-state index is 14.7. The van der Waals surface area contributed by atoms with E-state index in [0.717, 1.165) is 51.7 Å². The van der Waals surface area contributed by atoms with Gasteiger partial charge in [0.25, 0.3) is 0 Å². The SMILES string of the molecule is COCC(C)NC1CCC(Nc2cc(-c3ccc(F)c(NCC4CCOCC4)c3)c(F)cn2)CC1. The summed E-state index contributed by atoms with van der Waals surface area (Å²) in [4.78, 5) is 4.27. The summed E-state index contributed by atoms with van der Waals surface area (Å²) in [6.07, 6.45) is 7.35. The molecule has 0 radical (unpaired) electrons. The minimum Gasteiger partial charge on any atom is -0.383 e. The minimum atomic E-state index is -0.419. The molecule has 1 aliphatic carbocycles. The van der Waals surface area contributed by atoms with Crippen molar-refractivity contribution in [1.82, 2.24) is 10.3 Å². The standard InChI is InChI=1S/C27H38F2N4O2/c1-18(17-34-2)32-21-4-6-22(7-5-21)33-27-14-23(25(29)16-31-27)20-3-8-24(28)26(13-20)30-15-19-9-11-35-12-10-19/h3,8,13-14,16,18-19,21-22,30,32H,4-7,9-12,15,17H2,1-2H3,(H,31,33). The van der Waals surface area contributed by atoms with Crippen molar-refractivity contribution in [3.05, 3.63) is 42.1 Å². The Kier molecular flexibility index (Phi) is 9.29. The summed E-state index contributed by atoms with van der Waals surface area (Å²) in [7, 11) is 1.72. The monoisotopic (exact) mass is 488 g/mol. The smallest absolute Gasteiger partial charge is 0.149 e. The van der Waals surface area contributed by atoms with Crippen LogP contribution in [-0.2, 0) is 9.47 Å². The van der Waals surface area contributed by atoms with Crippen LogP contribution in [-0.4, -0.2) is 56.6 Å². The number of hydrogen-bond donors (Lipinski definition) is 3. The molecule has 6 nitrogen and oxygen atoms in total. The number of ether oxygens (including phenoxy) is 2. The minimum absolute atomic E-state index is 0.293. The molecule has 1 atom stereocenters. The Morgan fingerprint density at radius 3 is 2.51 bits per heavy atom. The van der Waals surface area contributed by atoms with Gasteiger partial charge in [-0.3, -0.25) is 0 Å². The van der Waals surface area contributed by atoms with Crippen molar-refractivity contribution in [2.24, 2.45) is 5.92 Å². The highest BCUT2D eigenvalue weighted by atomic mass is 19.1. The van der Waals surface area contributed by atoms with E-state index in [1.807, 2.05) is 0 Å². The molecule has 2 fully saturated rings. The fraction of sp³-hybridized carbons (Fsp3) is 0.593. The van der Waals surface area contributed by atoms with E-state index >= 15 is 0 Å². The van der Waals surface area contributed by atoms with Crippen LogP contribution in [0.25, 0.3) is 11.1 Å². The highest BCUT2D eigenvalue weighted by Gasteiger charge is 2.23. The first kappa shape index (κ1) is 25.8. The number of methoxy groups -OCH3 is 1. The molecule has 0 amide bonds. The molecular weight excluding hydrogens is 450 g/mol. The molecule has 1 unspecified atom stereocenters. The zero-order valence-corrected chi connectivity index (χ0v) is 20.8. The third kappa shape index (κ3) is 7.35. The second-order valence-corrected chi connectivity index (χ2v) is 9.90. The number of benzene rings is 1. The number of halogens is 2. The molecule has 1 saturated carbocycles. The molecule has 2 aliphatic rings. The maximum atomic E-state index is 14.7. The third-order valence-corrected chi connectivity index (χ3v) is 7.07. The zero-order chi connectivity index (χ0) is 24.6. The average molecular weight is 489 g/mol. The normalized spacial score (nSPS) is 22.1. The Balaban J connectivity index is 1.37. The summed E-state index contributed by atoms with van der Waals surface area (Å²) in [5, 5.41) is 10.3. The van der Waals surface area contributed by atoms with Crippen molar-refractivity contribution in [2.75, 3.05) is 44.1 Å². The first-order valence-electron chi connectivity index (χ1n) is 12.8. The van der Waals surface area contributed by atoms with Crippen molar-refractivity contribution in [1.29, 1.82) is 0 Å². The van der Waals surface area contributed by atoms with Crippen LogP contribution in [0.15, 0.2) is 30.5 Å². The molecule has 3 N–H and O–H groups in total. The number of aromatic nitrogens is 1. The number of nitrogens with zero attached hydrogens (tertiary/aromatic N) is 1. The largest absolute Gasteiger partial charge is 0.383 e. The van der Waals surface area contributed by atoms with Gasteiger partial charge in [0.1, 0.15) is 17.5 Å². The van der Waals surface area contributed by atoms with E-state index in [-0.39, 0.29) is 5.82 Å². The second-order valence-electron chi connectivity index (χ2n) is 9.90. The molecule has 4 rings (SSSR count). The van der Waals surface area contributed by atoms with Gasteiger partial charge >= 0.3 is 0 Å². The second kappa shape index (κ2) is 12.6. The van der Waals surface area contributed by atoms with Gasteiger partial charge in [0.05, 0.1) is 18.5 Å². The highest BCUT2D eigenvalue weighted by molar-refractivity contribution is 5.71. The van der Waals surface area contributed by atoms with Gasteiger partial charge < -0.3 is 25.4 Å². The van der Waals surface area contributed by atoms with Crippen LogP contribution in [0, 0.1) is 17.6 Å². The summed E-state index contributed by atoms with van der Waals surface area (Å²) in [5.41, 5.74) is 1.44. The van der Waals surface area contributed by atoms with Crippen LogP contribution < -0.4 is 16.0 Å². The van der Waals surface area contributed by atoms with E-state index in [2.05, 4.69) is 27.9 Å². The summed E-state index contributed by atoms with van der Waals surface area (Å²) in [6, 6.07) is 7.55. The van der Waals surface area contributed by atoms with Crippen LogP contribution in [0.5, 0.6) is 0 Å². The van der Waals surface area contributed by atoms with E-state index < -0.39 is 5.82 Å². The van der Waals surface area contributed by atoms with Gasteiger partial charge in [-0.1, -0.05) is 6.07 Å². The predicted molar refractivity (Wildman–Crippen MR) is 136 cm³/mol. The number of rotatable bonds is 10. The van der Waals surface area contributed by atoms with E-state index in [1.165, 1.54) is 12.3 Å². The molecule has 0 bridgehead atoms. The molecule has 1 saturated heterocycles. The van der Waals surface area contributed by atoms with Crippen molar-refractivity contribution in [2.45, 2.75) is 63.6 Å². The van der Waals surface area contributed by atoms with Crippen molar-refractivity contribution < 1.29 is 18.3 Å². The van der Waals surface area contributed by atoms with Gasteiger partial charge in [0, 0.05) is 50.6 Å². The Morgan fingerprint density at radius 2 is 1.77 bits per heavy atom. The maximum Gasteiger partial charge on any atom is 0.149 e. The van der Waals surface area contributed by atoms with Crippen molar-refractivity contribution >= 4 is 11.5 Å². The van der Waals surface area contributed by atoms with E-state index in [9.17, 15) is 8.78 Å². The van der Waals surface area contributed by atoms with Crippen LogP contribution >= 0.6 is 0 Å². The van der Waals surface area contributed by atoms with Crippen LogP contribution in [0.3, 0.4) is 0 Å². The number of nitrogens with one attached hydrogen (secondary N) is 3. The van der Waals surface area contributed by atoms with Gasteiger partial charge in [-0.05, 0) is 75.1 Å². The summed E-state index contributed by atoms with van der Waals surface area (Å²) in [5.74, 6) is 0.344. The van der Waals surface area contributed by atoms with Gasteiger partial charge in [-0.15, -0.1) is 0 Å². The average Bonchev–Trinajstić information content (AvgIpc) is 2.87.